The van der Waals surface area contributed by atoms with Crippen molar-refractivity contribution in [1.29, 1.82) is 0 Å². The summed E-state index contributed by atoms with van der Waals surface area (Å²) < 4.78 is 16.3. The quantitative estimate of drug-likeness (QED) is 0.181. The largest absolute Gasteiger partial charge is 0.538 e. The van der Waals surface area contributed by atoms with Gasteiger partial charge in [0.1, 0.15) is 6.10 Å². The molecule has 0 N–H and O–H groups in total. The van der Waals surface area contributed by atoms with E-state index >= 15 is 0 Å². The Kier molecular flexibility index (Phi) is 6.34. The molecule has 1 atom stereocenters. The van der Waals surface area contributed by atoms with Crippen molar-refractivity contribution >= 4 is 20.0 Å². The molecule has 0 aliphatic rings. The van der Waals surface area contributed by atoms with Crippen LogP contribution in [0.5, 0.6) is 0 Å². The Bertz CT molecular complexity index is 638. The summed E-state index contributed by atoms with van der Waals surface area (Å²) in [5.74, 6) is -0.759. The van der Waals surface area contributed by atoms with Crippen LogP contribution in [0.3, 0.4) is 0 Å². The Hall–Kier alpha value is -2.11. The van der Waals surface area contributed by atoms with Crippen LogP contribution < -0.4 is 0 Å². The van der Waals surface area contributed by atoms with Crippen molar-refractivity contribution in [3.63, 3.8) is 0 Å². The van der Waals surface area contributed by atoms with Crippen LogP contribution >= 0.6 is 0 Å². The lowest BCUT2D eigenvalue weighted by Crippen LogP contribution is -2.42. The van der Waals surface area contributed by atoms with Gasteiger partial charge in [0.2, 0.25) is 0 Å². The van der Waals surface area contributed by atoms with Crippen LogP contribution in [-0.4, -0.2) is 24.8 Å². The summed E-state index contributed by atoms with van der Waals surface area (Å²) in [7, 11) is -2.21. The molecule has 0 spiro atoms. The van der Waals surface area contributed by atoms with E-state index in [1.165, 1.54) is 12.5 Å². The summed E-state index contributed by atoms with van der Waals surface area (Å²) in [5, 5.41) is -0.0802. The molecule has 1 rings (SSSR count). The highest BCUT2D eigenvalue weighted by Crippen LogP contribution is 2.37. The maximum absolute atomic E-state index is 12.3. The second-order valence-corrected chi connectivity index (χ2v) is 11.8. The molecule has 0 aliphatic carbocycles. The Labute approximate surface area is 144 Å². The summed E-state index contributed by atoms with van der Waals surface area (Å²) in [5.41, 5.74) is 9.64. The van der Waals surface area contributed by atoms with Crippen molar-refractivity contribution in [2.75, 3.05) is 0 Å². The molecular formula is C17H26N2O4Si. The van der Waals surface area contributed by atoms with Gasteiger partial charge in [-0.15, -0.1) is 0 Å². The predicted octanol–water partition coefficient (Wildman–Crippen LogP) is 4.48. The van der Waals surface area contributed by atoms with Gasteiger partial charge in [0.05, 0.1) is 12.5 Å². The Morgan fingerprint density at radius 2 is 2.08 bits per heavy atom. The average Bonchev–Trinajstić information content (AvgIpc) is 2.97. The Balaban J connectivity index is 2.88. The number of carbonyl (C=O) groups excluding carboxylic acids is 1. The van der Waals surface area contributed by atoms with Crippen molar-refractivity contribution in [2.24, 2.45) is 0 Å². The number of esters is 1. The number of hydrogen-bond donors (Lipinski definition) is 0. The minimum absolute atomic E-state index is 0.0242. The third kappa shape index (κ3) is 4.69. The molecule has 0 aromatic carbocycles. The lowest BCUT2D eigenvalue weighted by Gasteiger charge is -2.36. The lowest BCUT2D eigenvalue weighted by atomic mass is 10.1. The maximum Gasteiger partial charge on any atom is 0.438 e. The van der Waals surface area contributed by atoms with Crippen LogP contribution in [0.25, 0.3) is 5.53 Å². The van der Waals surface area contributed by atoms with Gasteiger partial charge in [0, 0.05) is 5.56 Å². The molecule has 0 fully saturated rings. The molecule has 0 saturated carbocycles. The average molecular weight is 350 g/mol. The number of ether oxygens (including phenoxy) is 1. The van der Waals surface area contributed by atoms with Crippen LogP contribution in [-0.2, 0) is 14.0 Å². The SMILES string of the molecule is C=C(O[Si](C)(C)C(C)(C)C)C(=[N+]=[N-])C(=O)OC(CC)c1ccoc1. The predicted molar refractivity (Wildman–Crippen MR) is 93.9 cm³/mol. The van der Waals surface area contributed by atoms with E-state index in [1.54, 1.807) is 6.07 Å². The Morgan fingerprint density at radius 1 is 1.46 bits per heavy atom. The number of nitrogens with zero attached hydrogens (tertiary/aromatic N) is 2. The summed E-state index contributed by atoms with van der Waals surface area (Å²) >= 11 is 0. The van der Waals surface area contributed by atoms with Gasteiger partial charge in [-0.3, -0.25) is 0 Å². The molecule has 0 amide bonds. The summed E-state index contributed by atoms with van der Waals surface area (Å²) in [6.45, 7) is 15.8. The zero-order valence-corrected chi connectivity index (χ0v) is 16.3. The van der Waals surface area contributed by atoms with Crippen LogP contribution in [0, 0.1) is 0 Å². The fraction of sp³-hybridized carbons (Fsp3) is 0.529. The molecule has 7 heteroatoms. The van der Waals surface area contributed by atoms with Crippen molar-refractivity contribution in [3.8, 4) is 0 Å². The molecule has 1 heterocycles. The molecule has 0 saturated heterocycles. The van der Waals surface area contributed by atoms with Crippen LogP contribution in [0.2, 0.25) is 18.1 Å². The van der Waals surface area contributed by atoms with Gasteiger partial charge in [-0.1, -0.05) is 27.7 Å². The van der Waals surface area contributed by atoms with Crippen molar-refractivity contribution in [1.82, 2.24) is 0 Å². The summed E-state index contributed by atoms with van der Waals surface area (Å²) in [6.07, 6.45) is 3.08. The first-order valence-corrected chi connectivity index (χ1v) is 10.8. The van der Waals surface area contributed by atoms with Crippen LogP contribution in [0.4, 0.5) is 0 Å². The summed E-state index contributed by atoms with van der Waals surface area (Å²) in [6, 6.07) is 1.72. The van der Waals surface area contributed by atoms with Crippen molar-refractivity contribution < 1.29 is 23.2 Å². The second-order valence-electron chi connectivity index (χ2n) is 7.09. The van der Waals surface area contributed by atoms with Gasteiger partial charge >= 0.3 is 11.7 Å². The smallest absolute Gasteiger partial charge is 0.438 e. The minimum Gasteiger partial charge on any atom is -0.538 e. The highest BCUT2D eigenvalue weighted by atomic mass is 28.4. The first-order chi connectivity index (χ1) is 11.0. The third-order valence-electron chi connectivity index (χ3n) is 4.28. The van der Waals surface area contributed by atoms with E-state index in [9.17, 15) is 10.3 Å². The highest BCUT2D eigenvalue weighted by molar-refractivity contribution is 6.74. The fourth-order valence-electron chi connectivity index (χ4n) is 1.75. The standard InChI is InChI=1S/C17H26N2O4Si/c1-8-14(13-9-10-21-11-13)22-16(20)15(19-18)12(2)23-24(6,7)17(3,4)5/h9-11,14H,2,8H2,1,3-7H3. The molecule has 1 aromatic heterocycles. The maximum atomic E-state index is 12.3. The molecule has 1 unspecified atom stereocenters. The van der Waals surface area contributed by atoms with Gasteiger partial charge < -0.3 is 19.1 Å². The number of carbonyl (C=O) groups is 1. The third-order valence-corrected chi connectivity index (χ3v) is 8.65. The highest BCUT2D eigenvalue weighted by Gasteiger charge is 2.42. The van der Waals surface area contributed by atoms with E-state index in [4.69, 9.17) is 13.6 Å². The zero-order valence-electron chi connectivity index (χ0n) is 15.3. The van der Waals surface area contributed by atoms with Crippen LogP contribution in [0.15, 0.2) is 35.3 Å². The van der Waals surface area contributed by atoms with E-state index in [1.807, 2.05) is 20.0 Å². The monoisotopic (exact) mass is 350 g/mol. The lowest BCUT2D eigenvalue weighted by molar-refractivity contribution is -0.146. The molecule has 24 heavy (non-hydrogen) atoms. The molecule has 132 valence electrons. The zero-order chi connectivity index (χ0) is 18.5. The van der Waals surface area contributed by atoms with Gasteiger partial charge in [-0.2, -0.15) is 4.79 Å². The van der Waals surface area contributed by atoms with Gasteiger partial charge in [0.15, 0.2) is 5.76 Å². The van der Waals surface area contributed by atoms with E-state index < -0.39 is 20.4 Å². The van der Waals surface area contributed by atoms with Crippen molar-refractivity contribution in [3.05, 3.63) is 42.0 Å². The Morgan fingerprint density at radius 3 is 2.50 bits per heavy atom. The van der Waals surface area contributed by atoms with E-state index in [0.717, 1.165) is 5.56 Å². The fourth-order valence-corrected chi connectivity index (χ4v) is 2.77. The van der Waals surface area contributed by atoms with Gasteiger partial charge in [-0.05, 0) is 37.2 Å². The van der Waals surface area contributed by atoms with Gasteiger partial charge in [0.25, 0.3) is 8.32 Å². The molecule has 0 bridgehead atoms. The second kappa shape index (κ2) is 7.64. The number of furan rings is 1. The van der Waals surface area contributed by atoms with Gasteiger partial charge in [-0.25, -0.2) is 4.79 Å². The topological polar surface area (TPSA) is 85.1 Å². The van der Waals surface area contributed by atoms with Crippen LogP contribution in [0.1, 0.15) is 45.8 Å². The first kappa shape index (κ1) is 19.9. The van der Waals surface area contributed by atoms with E-state index in [0.29, 0.717) is 6.42 Å². The van der Waals surface area contributed by atoms with Crippen molar-refractivity contribution in [2.45, 2.75) is 58.4 Å². The molecule has 0 radical (unpaired) electrons. The summed E-state index contributed by atoms with van der Waals surface area (Å²) in [4.78, 5) is 15.4. The molecule has 6 nitrogen and oxygen atoms in total. The van der Waals surface area contributed by atoms with E-state index in [2.05, 4.69) is 32.1 Å². The minimum atomic E-state index is -2.21. The first-order valence-electron chi connectivity index (χ1n) is 7.87. The molecule has 1 aromatic rings. The number of hydrogen-bond acceptors (Lipinski definition) is 4. The normalized spacial score (nSPS) is 12.9. The number of rotatable bonds is 7. The van der Waals surface area contributed by atoms with E-state index in [-0.39, 0.29) is 16.5 Å². The molecular weight excluding hydrogens is 324 g/mol. The molecule has 0 aliphatic heterocycles.